The maximum Gasteiger partial charge on any atom is 0.459 e. The Kier molecular flexibility index (Phi) is 7.79. The van der Waals surface area contributed by atoms with Crippen LogP contribution in [0.2, 0.25) is 5.02 Å². The average molecular weight is 622 g/mol. The van der Waals surface area contributed by atoms with Crippen molar-refractivity contribution < 1.29 is 33.0 Å². The Morgan fingerprint density at radius 2 is 1.95 bits per heavy atom. The van der Waals surface area contributed by atoms with Crippen LogP contribution in [0, 0.1) is 5.92 Å². The smallest absolute Gasteiger partial charge is 0.459 e. The molecule has 3 aromatic rings. The summed E-state index contributed by atoms with van der Waals surface area (Å²) in [6.45, 7) is 1.47. The van der Waals surface area contributed by atoms with E-state index in [9.17, 15) is 14.5 Å². The number of rotatable bonds is 10. The molecule has 14 nitrogen and oxygen atoms in total. The normalized spacial score (nSPS) is 26.7. The molecule has 1 aromatic carbocycles. The molecular formula is C26H33ClN7O7P. The Bertz CT molecular complexity index is 1510. The largest absolute Gasteiger partial charge is 0.461 e. The van der Waals surface area contributed by atoms with Crippen LogP contribution in [0.4, 0.5) is 11.8 Å². The third-order valence-corrected chi connectivity index (χ3v) is 9.83. The molecule has 0 bridgehead atoms. The number of hydrogen-bond acceptors (Lipinski definition) is 12. The van der Waals surface area contributed by atoms with Crippen LogP contribution in [0.25, 0.3) is 11.2 Å². The van der Waals surface area contributed by atoms with Crippen LogP contribution >= 0.6 is 19.3 Å². The molecule has 1 aliphatic heterocycles. The molecule has 3 aliphatic rings. The second-order valence-electron chi connectivity index (χ2n) is 11.1. The third-order valence-electron chi connectivity index (χ3n) is 7.94. The van der Waals surface area contributed by atoms with Gasteiger partial charge in [-0.1, -0.05) is 18.5 Å². The molecule has 42 heavy (non-hydrogen) atoms. The molecule has 5 atom stereocenters. The summed E-state index contributed by atoms with van der Waals surface area (Å²) in [6, 6.07) is 6.24. The van der Waals surface area contributed by atoms with Crippen molar-refractivity contribution in [1.29, 1.82) is 0 Å². The molecule has 2 unspecified atom stereocenters. The lowest BCUT2D eigenvalue weighted by Gasteiger charge is -2.26. The van der Waals surface area contributed by atoms with Crippen LogP contribution in [0.1, 0.15) is 51.7 Å². The zero-order valence-electron chi connectivity index (χ0n) is 22.9. The number of hydrogen-bond donors (Lipinski definition) is 4. The van der Waals surface area contributed by atoms with Crippen molar-refractivity contribution >= 4 is 48.2 Å². The number of nitrogens with zero attached hydrogens (tertiary/aromatic N) is 4. The van der Waals surface area contributed by atoms with Crippen molar-refractivity contribution in [3.8, 4) is 5.75 Å². The van der Waals surface area contributed by atoms with Crippen LogP contribution in [-0.2, 0) is 23.4 Å². The Labute approximate surface area is 246 Å². The summed E-state index contributed by atoms with van der Waals surface area (Å²) in [4.78, 5) is 25.5. The summed E-state index contributed by atoms with van der Waals surface area (Å²) in [5.41, 5.74) is 11.2. The number of anilines is 2. The number of ether oxygens (including phenoxy) is 2. The quantitative estimate of drug-likeness (QED) is 0.190. The number of esters is 1. The molecule has 0 radical (unpaired) electrons. The second-order valence-corrected chi connectivity index (χ2v) is 13.1. The highest BCUT2D eigenvalue weighted by Crippen LogP contribution is 2.53. The van der Waals surface area contributed by atoms with Gasteiger partial charge in [-0.05, 0) is 62.8 Å². The molecule has 6 N–H and O–H groups in total. The number of aliphatic hydroxyl groups is 1. The van der Waals surface area contributed by atoms with Gasteiger partial charge in [-0.15, -0.1) is 0 Å². The maximum absolute atomic E-state index is 14.2. The van der Waals surface area contributed by atoms with E-state index < -0.39 is 43.6 Å². The predicted octanol–water partition coefficient (Wildman–Crippen LogP) is 3.35. The minimum Gasteiger partial charge on any atom is -0.461 e. The lowest BCUT2D eigenvalue weighted by molar-refractivity contribution is -0.152. The minimum atomic E-state index is -4.20. The topological polar surface area (TPSA) is 199 Å². The molecule has 16 heteroatoms. The highest BCUT2D eigenvalue weighted by molar-refractivity contribution is 7.52. The van der Waals surface area contributed by atoms with Gasteiger partial charge in [-0.2, -0.15) is 15.1 Å². The molecular weight excluding hydrogens is 589 g/mol. The Hall–Kier alpha value is -3.00. The van der Waals surface area contributed by atoms with E-state index in [0.29, 0.717) is 29.0 Å². The highest BCUT2D eigenvalue weighted by atomic mass is 35.5. The van der Waals surface area contributed by atoms with Crippen LogP contribution in [0.5, 0.6) is 5.75 Å². The van der Waals surface area contributed by atoms with E-state index in [2.05, 4.69) is 20.0 Å². The summed E-state index contributed by atoms with van der Waals surface area (Å²) in [5, 5.41) is 14.4. The first-order valence-electron chi connectivity index (χ1n) is 13.9. The van der Waals surface area contributed by atoms with Gasteiger partial charge in [0.25, 0.3) is 0 Å². The molecule has 6 rings (SSSR count). The highest BCUT2D eigenvalue weighted by Gasteiger charge is 2.57. The molecule has 0 amide bonds. The van der Waals surface area contributed by atoms with E-state index >= 15 is 0 Å². The fraction of sp³-hybridized carbons (Fsp3) is 0.538. The number of fused-ring (bicyclic) bond motifs is 1. The number of imidazole rings is 1. The number of aromatic nitrogens is 4. The lowest BCUT2D eigenvalue weighted by atomic mass is 10.0. The molecule has 1 saturated heterocycles. The van der Waals surface area contributed by atoms with Gasteiger partial charge < -0.3 is 30.6 Å². The number of nitrogen functional groups attached to an aromatic ring is 2. The first-order chi connectivity index (χ1) is 20.1. The van der Waals surface area contributed by atoms with E-state index in [0.717, 1.165) is 25.7 Å². The standard InChI is InChI=1S/C26H33ClN7O7P/c1-14-20(35)18(40-23(14)34-13-30-19-21(28)31-25(29)32-22(19)34)12-38-42(37,41-17-8-6-15(27)7-9-17)33-26(10-11-26)24(36)39-16-4-2-3-5-16/h6-9,13-14,16,18,20,23,35H,2-5,10-12H2,1H3,(H,33,37)(H4,28,29,31,32)/t14-,18?,20-,23+,42?/m0/s1. The number of carbonyl (C=O) groups excluding carboxylic acids is 1. The molecule has 2 aromatic heterocycles. The fourth-order valence-electron chi connectivity index (χ4n) is 5.40. The number of nitrogens with one attached hydrogen (secondary N) is 1. The van der Waals surface area contributed by atoms with E-state index in [-0.39, 0.29) is 30.2 Å². The van der Waals surface area contributed by atoms with E-state index in [1.54, 1.807) is 35.8 Å². The zero-order chi connectivity index (χ0) is 29.6. The molecule has 3 fully saturated rings. The Morgan fingerprint density at radius 3 is 2.64 bits per heavy atom. The average Bonchev–Trinajstić information content (AvgIpc) is 3.23. The first kappa shape index (κ1) is 29.1. The Morgan fingerprint density at radius 1 is 1.24 bits per heavy atom. The number of halogens is 1. The van der Waals surface area contributed by atoms with Crippen LogP contribution in [-0.4, -0.2) is 61.1 Å². The first-order valence-corrected chi connectivity index (χ1v) is 15.8. The van der Waals surface area contributed by atoms with Gasteiger partial charge in [0.1, 0.15) is 35.2 Å². The summed E-state index contributed by atoms with van der Waals surface area (Å²) in [5.74, 6) is -0.617. The van der Waals surface area contributed by atoms with Crippen LogP contribution in [0.3, 0.4) is 0 Å². The molecule has 3 heterocycles. The summed E-state index contributed by atoms with van der Waals surface area (Å²) in [6.07, 6.45) is 3.15. The predicted molar refractivity (Wildman–Crippen MR) is 152 cm³/mol. The van der Waals surface area contributed by atoms with E-state index in [1.165, 1.54) is 6.33 Å². The maximum atomic E-state index is 14.2. The number of aliphatic hydroxyl groups excluding tert-OH is 1. The lowest BCUT2D eigenvalue weighted by Crippen LogP contribution is -2.42. The van der Waals surface area contributed by atoms with Gasteiger partial charge in [0.05, 0.1) is 19.0 Å². The van der Waals surface area contributed by atoms with Crippen LogP contribution < -0.4 is 21.1 Å². The Balaban J connectivity index is 1.20. The monoisotopic (exact) mass is 621 g/mol. The number of carbonyl (C=O) groups is 1. The van der Waals surface area contributed by atoms with Gasteiger partial charge in [-0.3, -0.25) is 13.9 Å². The van der Waals surface area contributed by atoms with Gasteiger partial charge in [0.2, 0.25) is 5.95 Å². The summed E-state index contributed by atoms with van der Waals surface area (Å²) >= 11 is 6.00. The van der Waals surface area contributed by atoms with Crippen LogP contribution in [0.15, 0.2) is 30.6 Å². The SMILES string of the molecule is C[C@H]1[C@H](O)C(COP(=O)(NC2(C(=O)OC3CCCC3)CC2)Oc2ccc(Cl)cc2)O[C@H]1n1cnc2c(N)nc(N)nc21. The molecule has 2 saturated carbocycles. The molecule has 226 valence electrons. The van der Waals surface area contributed by atoms with E-state index in [1.807, 2.05) is 0 Å². The fourth-order valence-corrected chi connectivity index (χ4v) is 7.27. The van der Waals surface area contributed by atoms with Gasteiger partial charge >= 0.3 is 13.7 Å². The number of benzene rings is 1. The second kappa shape index (κ2) is 11.3. The van der Waals surface area contributed by atoms with Crippen molar-refractivity contribution in [2.45, 2.75) is 75.5 Å². The van der Waals surface area contributed by atoms with Crippen molar-refractivity contribution in [3.05, 3.63) is 35.6 Å². The van der Waals surface area contributed by atoms with Gasteiger partial charge in [0, 0.05) is 10.9 Å². The van der Waals surface area contributed by atoms with Crippen molar-refractivity contribution in [2.75, 3.05) is 18.1 Å². The summed E-state index contributed by atoms with van der Waals surface area (Å²) in [7, 11) is -4.20. The van der Waals surface area contributed by atoms with Crippen molar-refractivity contribution in [1.82, 2.24) is 24.6 Å². The van der Waals surface area contributed by atoms with Gasteiger partial charge in [0.15, 0.2) is 11.5 Å². The molecule has 2 aliphatic carbocycles. The minimum absolute atomic E-state index is 0.0281. The van der Waals surface area contributed by atoms with E-state index in [4.69, 9.17) is 41.6 Å². The third kappa shape index (κ3) is 5.79. The van der Waals surface area contributed by atoms with Gasteiger partial charge in [-0.25, -0.2) is 9.55 Å². The zero-order valence-corrected chi connectivity index (χ0v) is 24.5. The van der Waals surface area contributed by atoms with Crippen molar-refractivity contribution in [2.24, 2.45) is 5.92 Å². The number of nitrogens with two attached hydrogens (primary N) is 2. The summed E-state index contributed by atoms with van der Waals surface area (Å²) < 4.78 is 39.3. The molecule has 0 spiro atoms. The van der Waals surface area contributed by atoms with Crippen molar-refractivity contribution in [3.63, 3.8) is 0 Å².